The van der Waals surface area contributed by atoms with Crippen LogP contribution in [-0.2, 0) is 5.41 Å². The van der Waals surface area contributed by atoms with E-state index < -0.39 is 0 Å². The Labute approximate surface area is 335 Å². The molecule has 11 aromatic rings. The van der Waals surface area contributed by atoms with Gasteiger partial charge in [-0.15, -0.1) is 0 Å². The first-order valence-corrected chi connectivity index (χ1v) is 20.0. The lowest BCUT2D eigenvalue weighted by Gasteiger charge is -2.23. The van der Waals surface area contributed by atoms with Gasteiger partial charge in [-0.05, 0) is 96.2 Å². The van der Waals surface area contributed by atoms with Crippen molar-refractivity contribution in [2.45, 2.75) is 19.3 Å². The lowest BCUT2D eigenvalue weighted by Crippen LogP contribution is -2.15. The van der Waals surface area contributed by atoms with E-state index in [9.17, 15) is 0 Å². The molecule has 3 nitrogen and oxygen atoms in total. The van der Waals surface area contributed by atoms with E-state index in [1.807, 2.05) is 12.1 Å². The van der Waals surface area contributed by atoms with Crippen molar-refractivity contribution in [1.29, 1.82) is 0 Å². The van der Waals surface area contributed by atoms with Crippen molar-refractivity contribution in [3.05, 3.63) is 193 Å². The van der Waals surface area contributed by atoms with Gasteiger partial charge in [-0.25, -0.2) is 0 Å². The normalized spacial score (nSPS) is 13.1. The topological polar surface area (TPSA) is 38.9 Å². The van der Waals surface area contributed by atoms with E-state index in [0.29, 0.717) is 0 Å². The molecule has 0 radical (unpaired) electrons. The number of para-hydroxylation sites is 2. The molecule has 58 heavy (non-hydrogen) atoms. The molecule has 0 spiro atoms. The second-order valence-electron chi connectivity index (χ2n) is 16.1. The lowest BCUT2D eigenvalue weighted by molar-refractivity contribution is 0.661. The van der Waals surface area contributed by atoms with E-state index in [0.717, 1.165) is 54.9 Å². The first-order chi connectivity index (χ1) is 28.5. The number of hydrogen-bond donors (Lipinski definition) is 0. The number of aromatic nitrogens is 2. The molecule has 0 N–H and O–H groups in total. The standard InChI is InChI=1S/C55H36N2O/c1-55(2)49-31-38(35-16-14-33(15-17-35)34-18-20-36(21-19-34)40-11-7-12-47-44-9-5-6-13-51(44)58-54(40)47)22-25-42(49)43-26-23-39(32-50(43)55)37-24-27-46-48(30-37)41-8-3-4-10-45(41)52-53(46)57-29-28-56-52/h3-32H,1-2H3. The monoisotopic (exact) mass is 740 g/mol. The molecular weight excluding hydrogens is 705 g/mol. The van der Waals surface area contributed by atoms with Crippen LogP contribution in [-0.4, -0.2) is 9.97 Å². The van der Waals surface area contributed by atoms with Crippen molar-refractivity contribution >= 4 is 54.5 Å². The van der Waals surface area contributed by atoms with E-state index in [4.69, 9.17) is 14.4 Å². The third-order valence-corrected chi connectivity index (χ3v) is 12.6. The highest BCUT2D eigenvalue weighted by atomic mass is 16.3. The van der Waals surface area contributed by atoms with Gasteiger partial charge in [0.15, 0.2) is 0 Å². The maximum absolute atomic E-state index is 6.32. The Bertz CT molecular complexity index is 3430. The Hall–Kier alpha value is -7.36. The molecule has 1 aliphatic rings. The third-order valence-electron chi connectivity index (χ3n) is 12.6. The van der Waals surface area contributed by atoms with Gasteiger partial charge in [0.05, 0.1) is 11.0 Å². The summed E-state index contributed by atoms with van der Waals surface area (Å²) in [7, 11) is 0. The first kappa shape index (κ1) is 32.8. The number of furan rings is 1. The van der Waals surface area contributed by atoms with E-state index >= 15 is 0 Å². The molecule has 1 aliphatic carbocycles. The zero-order valence-corrected chi connectivity index (χ0v) is 32.1. The highest BCUT2D eigenvalue weighted by Gasteiger charge is 2.36. The maximum atomic E-state index is 6.32. The maximum Gasteiger partial charge on any atom is 0.143 e. The predicted octanol–water partition coefficient (Wildman–Crippen LogP) is 14.8. The van der Waals surface area contributed by atoms with Crippen molar-refractivity contribution in [2.75, 3.05) is 0 Å². The second-order valence-corrected chi connectivity index (χ2v) is 16.1. The SMILES string of the molecule is CC1(C)c2cc(-c3ccc(-c4ccc(-c5cccc6c5oc5ccccc56)cc4)cc3)ccc2-c2ccc(-c3ccc4c(c3)c3ccccc3c3nccnc43)cc21. The Balaban J connectivity index is 0.844. The molecule has 2 aromatic heterocycles. The quantitative estimate of drug-likeness (QED) is 0.169. The Morgan fingerprint density at radius 1 is 0.362 bits per heavy atom. The summed E-state index contributed by atoms with van der Waals surface area (Å²) >= 11 is 0. The van der Waals surface area contributed by atoms with Gasteiger partial charge >= 0.3 is 0 Å². The van der Waals surface area contributed by atoms with Crippen molar-refractivity contribution in [3.63, 3.8) is 0 Å². The van der Waals surface area contributed by atoms with Crippen LogP contribution in [0, 0.1) is 0 Å². The van der Waals surface area contributed by atoms with Gasteiger partial charge < -0.3 is 4.42 Å². The summed E-state index contributed by atoms with van der Waals surface area (Å²) in [5.74, 6) is 0. The Kier molecular flexibility index (Phi) is 6.98. The fraction of sp³-hybridized carbons (Fsp3) is 0.0545. The van der Waals surface area contributed by atoms with Crippen LogP contribution in [0.5, 0.6) is 0 Å². The number of fused-ring (bicyclic) bond motifs is 12. The molecule has 0 aliphatic heterocycles. The van der Waals surface area contributed by atoms with E-state index in [2.05, 4.69) is 172 Å². The average molecular weight is 741 g/mol. The second kappa shape index (κ2) is 12.3. The largest absolute Gasteiger partial charge is 0.455 e. The summed E-state index contributed by atoms with van der Waals surface area (Å²) < 4.78 is 6.32. The lowest BCUT2D eigenvalue weighted by atomic mass is 9.80. The third kappa shape index (κ3) is 4.86. The average Bonchev–Trinajstić information content (AvgIpc) is 3.78. The fourth-order valence-electron chi connectivity index (χ4n) is 9.58. The van der Waals surface area contributed by atoms with Crippen molar-refractivity contribution < 1.29 is 4.42 Å². The van der Waals surface area contributed by atoms with Gasteiger partial charge in [-0.3, -0.25) is 9.97 Å². The smallest absolute Gasteiger partial charge is 0.143 e. The zero-order chi connectivity index (χ0) is 38.5. The highest BCUT2D eigenvalue weighted by molar-refractivity contribution is 6.23. The Morgan fingerprint density at radius 3 is 1.52 bits per heavy atom. The van der Waals surface area contributed by atoms with Crippen LogP contribution in [0.3, 0.4) is 0 Å². The van der Waals surface area contributed by atoms with Gasteiger partial charge in [-0.2, -0.15) is 0 Å². The van der Waals surface area contributed by atoms with E-state index in [1.165, 1.54) is 66.4 Å². The first-order valence-electron chi connectivity index (χ1n) is 20.0. The van der Waals surface area contributed by atoms with Gasteiger partial charge in [0.25, 0.3) is 0 Å². The van der Waals surface area contributed by atoms with Crippen LogP contribution in [0.15, 0.2) is 187 Å². The molecule has 272 valence electrons. The molecule has 9 aromatic carbocycles. The molecule has 3 heteroatoms. The number of benzene rings is 9. The highest BCUT2D eigenvalue weighted by Crippen LogP contribution is 2.51. The van der Waals surface area contributed by atoms with E-state index in [1.54, 1.807) is 12.4 Å². The molecule has 2 heterocycles. The molecule has 0 saturated heterocycles. The summed E-state index contributed by atoms with van der Waals surface area (Å²) in [5, 5.41) is 6.97. The van der Waals surface area contributed by atoms with Gasteiger partial charge in [-0.1, -0.05) is 159 Å². The van der Waals surface area contributed by atoms with Crippen LogP contribution in [0.25, 0.3) is 110 Å². The van der Waals surface area contributed by atoms with Crippen LogP contribution in [0.1, 0.15) is 25.0 Å². The van der Waals surface area contributed by atoms with Crippen LogP contribution >= 0.6 is 0 Å². The minimum atomic E-state index is -0.152. The summed E-state index contributed by atoms with van der Waals surface area (Å²) in [4.78, 5) is 9.47. The molecule has 12 rings (SSSR count). The van der Waals surface area contributed by atoms with Gasteiger partial charge in [0, 0.05) is 44.9 Å². The molecule has 0 amide bonds. The van der Waals surface area contributed by atoms with Gasteiger partial charge in [0.1, 0.15) is 11.2 Å². The minimum Gasteiger partial charge on any atom is -0.455 e. The van der Waals surface area contributed by atoms with Crippen LogP contribution < -0.4 is 0 Å². The van der Waals surface area contributed by atoms with Crippen molar-refractivity contribution in [1.82, 2.24) is 9.97 Å². The molecule has 0 fully saturated rings. The van der Waals surface area contributed by atoms with Gasteiger partial charge in [0.2, 0.25) is 0 Å². The number of nitrogens with zero attached hydrogens (tertiary/aromatic N) is 2. The minimum absolute atomic E-state index is 0.152. The summed E-state index contributed by atoms with van der Waals surface area (Å²) in [6.45, 7) is 4.73. The predicted molar refractivity (Wildman–Crippen MR) is 241 cm³/mol. The molecule has 0 bridgehead atoms. The number of rotatable bonds is 4. The van der Waals surface area contributed by atoms with Crippen LogP contribution in [0.2, 0.25) is 0 Å². The molecule has 0 saturated carbocycles. The van der Waals surface area contributed by atoms with Crippen LogP contribution in [0.4, 0.5) is 0 Å². The number of hydrogen-bond acceptors (Lipinski definition) is 3. The molecule has 0 unspecified atom stereocenters. The van der Waals surface area contributed by atoms with Crippen molar-refractivity contribution in [2.24, 2.45) is 0 Å². The molecular formula is C55H36N2O. The summed E-state index contributed by atoms with van der Waals surface area (Å²) in [6.07, 6.45) is 3.57. The van der Waals surface area contributed by atoms with E-state index in [-0.39, 0.29) is 5.41 Å². The zero-order valence-electron chi connectivity index (χ0n) is 32.1. The van der Waals surface area contributed by atoms with Crippen molar-refractivity contribution in [3.8, 4) is 55.6 Å². The summed E-state index contributed by atoms with van der Waals surface area (Å²) in [5.41, 5.74) is 18.5. The summed E-state index contributed by atoms with van der Waals surface area (Å²) in [6, 6.07) is 61.9. The fourth-order valence-corrected chi connectivity index (χ4v) is 9.58. The molecule has 0 atom stereocenters. The Morgan fingerprint density at radius 2 is 0.845 bits per heavy atom.